The molecule has 0 spiro atoms. The average Bonchev–Trinajstić information content (AvgIpc) is 3.13. The number of carbonyl (C=O) groups excluding carboxylic acids is 1. The molecule has 138 valence electrons. The third-order valence-electron chi connectivity index (χ3n) is 4.51. The van der Waals surface area contributed by atoms with Gasteiger partial charge in [-0.15, -0.1) is 10.2 Å². The summed E-state index contributed by atoms with van der Waals surface area (Å²) in [7, 11) is 0. The van der Waals surface area contributed by atoms with Crippen molar-refractivity contribution in [1.82, 2.24) is 24.8 Å². The first-order valence-electron chi connectivity index (χ1n) is 8.87. The van der Waals surface area contributed by atoms with Crippen LogP contribution in [0.15, 0.2) is 53.7 Å². The van der Waals surface area contributed by atoms with Gasteiger partial charge in [-0.1, -0.05) is 60.3 Å². The van der Waals surface area contributed by atoms with Gasteiger partial charge in [0.15, 0.2) is 0 Å². The molecule has 2 aromatic heterocycles. The lowest BCUT2D eigenvalue weighted by Gasteiger charge is -2.09. The first-order chi connectivity index (χ1) is 13.8. The summed E-state index contributed by atoms with van der Waals surface area (Å²) in [4.78, 5) is 16.4. The largest absolute Gasteiger partial charge is 0.465 e. The van der Waals surface area contributed by atoms with Crippen LogP contribution >= 0.6 is 11.8 Å². The lowest BCUT2D eigenvalue weighted by molar-refractivity contribution is -0.139. The van der Waals surface area contributed by atoms with E-state index in [1.807, 2.05) is 36.4 Å². The molecule has 0 saturated carbocycles. The van der Waals surface area contributed by atoms with E-state index in [1.54, 1.807) is 11.4 Å². The maximum absolute atomic E-state index is 11.7. The molecule has 0 atom stereocenters. The minimum absolute atomic E-state index is 0.146. The first kappa shape index (κ1) is 16.9. The molecule has 8 heteroatoms. The van der Waals surface area contributed by atoms with Gasteiger partial charge in [-0.25, -0.2) is 4.98 Å². The van der Waals surface area contributed by atoms with Gasteiger partial charge < -0.3 is 4.74 Å². The molecule has 0 fully saturated rings. The molecule has 0 bridgehead atoms. The highest BCUT2D eigenvalue weighted by Gasteiger charge is 2.16. The van der Waals surface area contributed by atoms with Crippen molar-refractivity contribution in [3.63, 3.8) is 0 Å². The zero-order valence-corrected chi connectivity index (χ0v) is 15.8. The van der Waals surface area contributed by atoms with Crippen LogP contribution in [0.25, 0.3) is 38.4 Å². The summed E-state index contributed by atoms with van der Waals surface area (Å²) in [5, 5.41) is 17.9. The predicted molar refractivity (Wildman–Crippen MR) is 108 cm³/mol. The van der Waals surface area contributed by atoms with Gasteiger partial charge >= 0.3 is 5.97 Å². The van der Waals surface area contributed by atoms with Crippen LogP contribution in [0.3, 0.4) is 0 Å². The molecule has 7 nitrogen and oxygen atoms in total. The van der Waals surface area contributed by atoms with E-state index in [9.17, 15) is 4.79 Å². The number of benzene rings is 3. The lowest BCUT2D eigenvalue weighted by atomic mass is 10.00. The number of thioether (sulfide) groups is 1. The van der Waals surface area contributed by atoms with Crippen molar-refractivity contribution < 1.29 is 9.53 Å². The molecule has 0 radical (unpaired) electrons. The number of ether oxygens (including phenoxy) is 1. The summed E-state index contributed by atoms with van der Waals surface area (Å²) >= 11 is 1.23. The molecular weight excluding hydrogens is 374 g/mol. The number of fused-ring (bicyclic) bond motifs is 7. The van der Waals surface area contributed by atoms with Crippen molar-refractivity contribution in [2.45, 2.75) is 12.1 Å². The molecule has 0 amide bonds. The van der Waals surface area contributed by atoms with Crippen molar-refractivity contribution in [1.29, 1.82) is 0 Å². The van der Waals surface area contributed by atoms with Gasteiger partial charge in [0.2, 0.25) is 5.16 Å². The minimum Gasteiger partial charge on any atom is -0.465 e. The fraction of sp³-hybridized carbons (Fsp3) is 0.150. The molecular formula is C20H15N5O2S. The number of esters is 1. The molecule has 0 aliphatic rings. The van der Waals surface area contributed by atoms with Crippen LogP contribution in [0.1, 0.15) is 6.92 Å². The standard InChI is InChI=1S/C20H15N5O2S/c1-2-27-16(26)11-28-20-23-22-19-21-17-14-9-5-3-7-12(14)13-8-4-6-10-15(13)18(17)24-25(19)20/h3-10H,2,11H2,1H3. The van der Waals surface area contributed by atoms with Crippen LogP contribution in [0.2, 0.25) is 0 Å². The van der Waals surface area contributed by atoms with Crippen molar-refractivity contribution in [2.75, 3.05) is 12.4 Å². The molecule has 0 N–H and O–H groups in total. The maximum Gasteiger partial charge on any atom is 0.316 e. The Kier molecular flexibility index (Phi) is 4.05. The van der Waals surface area contributed by atoms with Gasteiger partial charge in [-0.2, -0.15) is 9.61 Å². The lowest BCUT2D eigenvalue weighted by Crippen LogP contribution is -2.07. The third kappa shape index (κ3) is 2.65. The molecule has 5 aromatic rings. The maximum atomic E-state index is 11.7. The number of hydrogen-bond donors (Lipinski definition) is 0. The number of carbonyl (C=O) groups is 1. The molecule has 28 heavy (non-hydrogen) atoms. The first-order valence-corrected chi connectivity index (χ1v) is 9.86. The van der Waals surface area contributed by atoms with Gasteiger partial charge in [0.25, 0.3) is 5.78 Å². The Morgan fingerprint density at radius 1 is 0.964 bits per heavy atom. The fourth-order valence-electron chi connectivity index (χ4n) is 3.35. The van der Waals surface area contributed by atoms with Crippen LogP contribution in [0.5, 0.6) is 0 Å². The van der Waals surface area contributed by atoms with Gasteiger partial charge in [0.05, 0.1) is 12.4 Å². The molecule has 3 aromatic carbocycles. The summed E-state index contributed by atoms with van der Waals surface area (Å²) in [6.45, 7) is 2.13. The highest BCUT2D eigenvalue weighted by atomic mass is 32.2. The number of rotatable bonds is 4. The molecule has 0 aliphatic carbocycles. The summed E-state index contributed by atoms with van der Waals surface area (Å²) in [6.07, 6.45) is 0. The van der Waals surface area contributed by atoms with Crippen LogP contribution in [0.4, 0.5) is 0 Å². The topological polar surface area (TPSA) is 82.3 Å². The van der Waals surface area contributed by atoms with Crippen LogP contribution in [-0.2, 0) is 9.53 Å². The monoisotopic (exact) mass is 389 g/mol. The quantitative estimate of drug-likeness (QED) is 0.264. The Hall–Kier alpha value is -3.26. The molecule has 5 rings (SSSR count). The molecule has 0 aliphatic heterocycles. The van der Waals surface area contributed by atoms with E-state index in [4.69, 9.17) is 14.8 Å². The highest BCUT2D eigenvalue weighted by Crippen LogP contribution is 2.33. The second-order valence-electron chi connectivity index (χ2n) is 6.19. The minimum atomic E-state index is -0.297. The molecule has 0 saturated heterocycles. The third-order valence-corrected chi connectivity index (χ3v) is 5.40. The number of hydrogen-bond acceptors (Lipinski definition) is 7. The van der Waals surface area contributed by atoms with Gasteiger partial charge in [-0.05, 0) is 17.7 Å². The van der Waals surface area contributed by atoms with Gasteiger partial charge in [0.1, 0.15) is 11.0 Å². The average molecular weight is 389 g/mol. The van der Waals surface area contributed by atoms with E-state index in [0.29, 0.717) is 17.5 Å². The highest BCUT2D eigenvalue weighted by molar-refractivity contribution is 7.99. The smallest absolute Gasteiger partial charge is 0.316 e. The second-order valence-corrected chi connectivity index (χ2v) is 7.13. The van der Waals surface area contributed by atoms with Crippen molar-refractivity contribution >= 4 is 56.1 Å². The SMILES string of the molecule is CCOC(=O)CSc1nnc2nc3c4ccccc4c4ccccc4c3nn12. The summed E-state index contributed by atoms with van der Waals surface area (Å²) in [5.74, 6) is 0.251. The fourth-order valence-corrected chi connectivity index (χ4v) is 4.02. The summed E-state index contributed by atoms with van der Waals surface area (Å²) in [5.41, 5.74) is 1.57. The van der Waals surface area contributed by atoms with E-state index in [-0.39, 0.29) is 11.7 Å². The van der Waals surface area contributed by atoms with E-state index in [2.05, 4.69) is 22.3 Å². The van der Waals surface area contributed by atoms with Crippen LogP contribution < -0.4 is 0 Å². The van der Waals surface area contributed by atoms with Crippen LogP contribution in [0, 0.1) is 0 Å². The Labute approximate surface area is 163 Å². The summed E-state index contributed by atoms with van der Waals surface area (Å²) < 4.78 is 6.57. The van der Waals surface area contributed by atoms with Crippen molar-refractivity contribution in [3.8, 4) is 0 Å². The van der Waals surface area contributed by atoms with Crippen molar-refractivity contribution in [2.24, 2.45) is 0 Å². The van der Waals surface area contributed by atoms with E-state index in [0.717, 1.165) is 32.6 Å². The second kappa shape index (κ2) is 6.72. The Morgan fingerprint density at radius 3 is 2.29 bits per heavy atom. The van der Waals surface area contributed by atoms with Crippen LogP contribution in [-0.4, -0.2) is 43.1 Å². The van der Waals surface area contributed by atoms with E-state index < -0.39 is 0 Å². The van der Waals surface area contributed by atoms with Crippen molar-refractivity contribution in [3.05, 3.63) is 48.5 Å². The molecule has 2 heterocycles. The number of aromatic nitrogens is 5. The normalized spacial score (nSPS) is 11.6. The zero-order valence-electron chi connectivity index (χ0n) is 15.0. The summed E-state index contributed by atoms with van der Waals surface area (Å²) in [6, 6.07) is 16.3. The Balaban J connectivity index is 1.75. The predicted octanol–water partition coefficient (Wildman–Crippen LogP) is 3.63. The van der Waals surface area contributed by atoms with Gasteiger partial charge in [0, 0.05) is 10.8 Å². The zero-order chi connectivity index (χ0) is 19.1. The van der Waals surface area contributed by atoms with E-state index in [1.165, 1.54) is 11.8 Å². The Morgan fingerprint density at radius 2 is 1.61 bits per heavy atom. The van der Waals surface area contributed by atoms with Gasteiger partial charge in [-0.3, -0.25) is 4.79 Å². The number of nitrogens with zero attached hydrogens (tertiary/aromatic N) is 5. The Bertz CT molecular complexity index is 1360. The van der Waals surface area contributed by atoms with E-state index >= 15 is 0 Å². The molecule has 0 unspecified atom stereocenters.